The fourth-order valence-corrected chi connectivity index (χ4v) is 3.23. The van der Waals surface area contributed by atoms with Crippen molar-refractivity contribution in [3.05, 3.63) is 22.2 Å². The monoisotopic (exact) mass is 325 g/mol. The summed E-state index contributed by atoms with van der Waals surface area (Å²) in [4.78, 5) is 0. The summed E-state index contributed by atoms with van der Waals surface area (Å²) in [6.07, 6.45) is 7.14. The molecular formula is C15H20BrNO2. The molecule has 0 aliphatic heterocycles. The van der Waals surface area contributed by atoms with Gasteiger partial charge in [-0.1, -0.05) is 15.9 Å². The molecular weight excluding hydrogens is 306 g/mol. The molecule has 2 N–H and O–H groups in total. The Morgan fingerprint density at radius 1 is 1.26 bits per heavy atom. The Kier molecular flexibility index (Phi) is 3.48. The van der Waals surface area contributed by atoms with Crippen molar-refractivity contribution in [1.82, 2.24) is 0 Å². The van der Waals surface area contributed by atoms with Gasteiger partial charge in [-0.3, -0.25) is 0 Å². The van der Waals surface area contributed by atoms with E-state index in [4.69, 9.17) is 15.2 Å². The van der Waals surface area contributed by atoms with E-state index in [1.54, 1.807) is 7.11 Å². The number of hydrogen-bond acceptors (Lipinski definition) is 3. The quantitative estimate of drug-likeness (QED) is 0.917. The van der Waals surface area contributed by atoms with Crippen molar-refractivity contribution < 1.29 is 9.47 Å². The normalized spacial score (nSPS) is 21.4. The molecule has 104 valence electrons. The Labute approximate surface area is 122 Å². The van der Waals surface area contributed by atoms with Crippen LogP contribution in [0.1, 0.15) is 44.1 Å². The molecule has 2 saturated carbocycles. The maximum absolute atomic E-state index is 6.38. The number of rotatable bonds is 4. The van der Waals surface area contributed by atoms with Gasteiger partial charge in [0, 0.05) is 15.6 Å². The molecule has 4 heteroatoms. The van der Waals surface area contributed by atoms with Crippen LogP contribution >= 0.6 is 15.9 Å². The van der Waals surface area contributed by atoms with E-state index in [0.717, 1.165) is 47.2 Å². The lowest BCUT2D eigenvalue weighted by atomic mass is 10.0. The van der Waals surface area contributed by atoms with Gasteiger partial charge in [-0.15, -0.1) is 0 Å². The van der Waals surface area contributed by atoms with Gasteiger partial charge in [0.25, 0.3) is 0 Å². The van der Waals surface area contributed by atoms with E-state index >= 15 is 0 Å². The van der Waals surface area contributed by atoms with Crippen LogP contribution in [0.5, 0.6) is 11.5 Å². The number of nitrogens with two attached hydrogens (primary N) is 1. The molecule has 0 radical (unpaired) electrons. The van der Waals surface area contributed by atoms with E-state index in [1.165, 1.54) is 12.8 Å². The van der Waals surface area contributed by atoms with Crippen LogP contribution < -0.4 is 15.2 Å². The maximum Gasteiger partial charge on any atom is 0.166 e. The Morgan fingerprint density at radius 3 is 2.53 bits per heavy atom. The first kappa shape index (κ1) is 13.3. The van der Waals surface area contributed by atoms with Gasteiger partial charge in [-0.05, 0) is 50.7 Å². The van der Waals surface area contributed by atoms with E-state index in [-0.39, 0.29) is 5.54 Å². The molecule has 3 nitrogen and oxygen atoms in total. The summed E-state index contributed by atoms with van der Waals surface area (Å²) in [7, 11) is 1.68. The summed E-state index contributed by atoms with van der Waals surface area (Å²) >= 11 is 3.53. The smallest absolute Gasteiger partial charge is 0.166 e. The highest BCUT2D eigenvalue weighted by atomic mass is 79.9. The van der Waals surface area contributed by atoms with Gasteiger partial charge in [0.15, 0.2) is 11.5 Å². The third kappa shape index (κ3) is 2.61. The van der Waals surface area contributed by atoms with Gasteiger partial charge < -0.3 is 15.2 Å². The summed E-state index contributed by atoms with van der Waals surface area (Å²) in [5.74, 6) is 1.64. The van der Waals surface area contributed by atoms with Crippen molar-refractivity contribution >= 4 is 15.9 Å². The highest BCUT2D eigenvalue weighted by Crippen LogP contribution is 2.51. The zero-order valence-electron chi connectivity index (χ0n) is 11.2. The Balaban J connectivity index is 1.98. The SMILES string of the molecule is COc1cc(Br)cc(C2(N)CC2)c1OC1CCCC1. The third-order valence-electron chi connectivity index (χ3n) is 4.15. The highest BCUT2D eigenvalue weighted by molar-refractivity contribution is 9.10. The first-order valence-electron chi connectivity index (χ1n) is 6.96. The summed E-state index contributed by atoms with van der Waals surface area (Å²) in [6, 6.07) is 4.04. The number of hydrogen-bond donors (Lipinski definition) is 1. The average Bonchev–Trinajstić information content (AvgIpc) is 2.94. The first-order valence-corrected chi connectivity index (χ1v) is 7.75. The minimum Gasteiger partial charge on any atom is -0.493 e. The topological polar surface area (TPSA) is 44.5 Å². The van der Waals surface area contributed by atoms with Gasteiger partial charge in [-0.25, -0.2) is 0 Å². The van der Waals surface area contributed by atoms with Crippen LogP contribution in [0.15, 0.2) is 16.6 Å². The Morgan fingerprint density at radius 2 is 1.95 bits per heavy atom. The molecule has 2 aliphatic rings. The second-order valence-electron chi connectivity index (χ2n) is 5.67. The molecule has 2 fully saturated rings. The second kappa shape index (κ2) is 4.98. The summed E-state index contributed by atoms with van der Waals surface area (Å²) in [5.41, 5.74) is 7.25. The Hall–Kier alpha value is -0.740. The molecule has 0 aromatic heterocycles. The van der Waals surface area contributed by atoms with E-state index in [9.17, 15) is 0 Å². The number of ether oxygens (including phenoxy) is 2. The lowest BCUT2D eigenvalue weighted by Gasteiger charge is -2.22. The maximum atomic E-state index is 6.38. The van der Waals surface area contributed by atoms with Gasteiger partial charge in [0.1, 0.15) is 0 Å². The molecule has 0 heterocycles. The minimum atomic E-state index is -0.217. The average molecular weight is 326 g/mol. The number of benzene rings is 1. The molecule has 0 atom stereocenters. The van der Waals surface area contributed by atoms with E-state index in [0.29, 0.717) is 6.10 Å². The summed E-state index contributed by atoms with van der Waals surface area (Å²) in [6.45, 7) is 0. The van der Waals surface area contributed by atoms with Crippen LogP contribution in [0.4, 0.5) is 0 Å². The van der Waals surface area contributed by atoms with E-state index in [2.05, 4.69) is 22.0 Å². The molecule has 0 spiro atoms. The Bertz CT molecular complexity index is 479. The molecule has 0 unspecified atom stereocenters. The molecule has 0 amide bonds. The summed E-state index contributed by atoms with van der Waals surface area (Å²) in [5, 5.41) is 0. The molecule has 2 aliphatic carbocycles. The van der Waals surface area contributed by atoms with Crippen molar-refractivity contribution in [1.29, 1.82) is 0 Å². The fourth-order valence-electron chi connectivity index (χ4n) is 2.79. The lowest BCUT2D eigenvalue weighted by molar-refractivity contribution is 0.197. The largest absolute Gasteiger partial charge is 0.493 e. The predicted molar refractivity (Wildman–Crippen MR) is 78.7 cm³/mol. The molecule has 1 aromatic rings. The van der Waals surface area contributed by atoms with E-state index in [1.807, 2.05) is 6.07 Å². The van der Waals surface area contributed by atoms with Crippen molar-refractivity contribution in [3.8, 4) is 11.5 Å². The van der Waals surface area contributed by atoms with Gasteiger partial charge in [0.05, 0.1) is 13.2 Å². The lowest BCUT2D eigenvalue weighted by Crippen LogP contribution is -2.22. The number of halogens is 1. The molecule has 1 aromatic carbocycles. The molecule has 0 saturated heterocycles. The van der Waals surface area contributed by atoms with Crippen LogP contribution in [0.3, 0.4) is 0 Å². The van der Waals surface area contributed by atoms with Crippen molar-refractivity contribution in [2.45, 2.75) is 50.2 Å². The van der Waals surface area contributed by atoms with Crippen LogP contribution in [-0.4, -0.2) is 13.2 Å². The zero-order chi connectivity index (χ0) is 13.5. The first-order chi connectivity index (χ1) is 9.12. The molecule has 3 rings (SSSR count). The van der Waals surface area contributed by atoms with Gasteiger partial charge in [-0.2, -0.15) is 0 Å². The van der Waals surface area contributed by atoms with Gasteiger partial charge >= 0.3 is 0 Å². The van der Waals surface area contributed by atoms with Crippen LogP contribution in [0.25, 0.3) is 0 Å². The summed E-state index contributed by atoms with van der Waals surface area (Å²) < 4.78 is 12.7. The molecule has 0 bridgehead atoms. The van der Waals surface area contributed by atoms with Gasteiger partial charge in [0.2, 0.25) is 0 Å². The van der Waals surface area contributed by atoms with Crippen molar-refractivity contribution in [2.75, 3.05) is 7.11 Å². The highest BCUT2D eigenvalue weighted by Gasteiger charge is 2.43. The third-order valence-corrected chi connectivity index (χ3v) is 4.61. The van der Waals surface area contributed by atoms with Crippen molar-refractivity contribution in [2.24, 2.45) is 5.73 Å². The molecule has 19 heavy (non-hydrogen) atoms. The standard InChI is InChI=1S/C15H20BrNO2/c1-18-13-9-10(16)8-12(15(17)6-7-15)14(13)19-11-4-2-3-5-11/h8-9,11H,2-7,17H2,1H3. The van der Waals surface area contributed by atoms with Crippen LogP contribution in [0, 0.1) is 0 Å². The minimum absolute atomic E-state index is 0.217. The van der Waals surface area contributed by atoms with E-state index < -0.39 is 0 Å². The van der Waals surface area contributed by atoms with Crippen molar-refractivity contribution in [3.63, 3.8) is 0 Å². The van der Waals surface area contributed by atoms with Crippen LogP contribution in [0.2, 0.25) is 0 Å². The fraction of sp³-hybridized carbons (Fsp3) is 0.600. The predicted octanol–water partition coefficient (Wildman–Crippen LogP) is 3.73. The van der Waals surface area contributed by atoms with Crippen LogP contribution in [-0.2, 0) is 5.54 Å². The second-order valence-corrected chi connectivity index (χ2v) is 6.58. The zero-order valence-corrected chi connectivity index (χ0v) is 12.8. The number of methoxy groups -OCH3 is 1.